The normalized spacial score (nSPS) is 14.0. The molecule has 0 unspecified atom stereocenters. The van der Waals surface area contributed by atoms with Crippen LogP contribution < -0.4 is 9.62 Å². The number of benzene rings is 4. The van der Waals surface area contributed by atoms with E-state index in [1.807, 2.05) is 37.3 Å². The molecule has 47 heavy (non-hydrogen) atoms. The van der Waals surface area contributed by atoms with E-state index in [1.165, 1.54) is 17.0 Å². The molecule has 1 atom stereocenters. The summed E-state index contributed by atoms with van der Waals surface area (Å²) in [4.78, 5) is 30.2. The Morgan fingerprint density at radius 3 is 2.06 bits per heavy atom. The summed E-state index contributed by atoms with van der Waals surface area (Å²) in [5, 5.41) is 4.22. The molecule has 1 fully saturated rings. The number of hydrogen-bond donors (Lipinski definition) is 1. The number of amides is 2. The Balaban J connectivity index is 1.59. The largest absolute Gasteiger partial charge is 0.352 e. The third-order valence-electron chi connectivity index (χ3n) is 8.37. The Morgan fingerprint density at radius 2 is 1.45 bits per heavy atom. The quantitative estimate of drug-likeness (QED) is 0.162. The van der Waals surface area contributed by atoms with Gasteiger partial charge in [-0.15, -0.1) is 0 Å². The van der Waals surface area contributed by atoms with Crippen LogP contribution in [0.1, 0.15) is 42.4 Å². The zero-order valence-corrected chi connectivity index (χ0v) is 29.0. The van der Waals surface area contributed by atoms with Crippen LogP contribution in [0.2, 0.25) is 15.1 Å². The van der Waals surface area contributed by atoms with Gasteiger partial charge in [0.1, 0.15) is 12.6 Å². The average Bonchev–Trinajstić information content (AvgIpc) is 3.57. The minimum Gasteiger partial charge on any atom is -0.352 e. The lowest BCUT2D eigenvalue weighted by molar-refractivity contribution is -0.140. The van der Waals surface area contributed by atoms with E-state index in [-0.39, 0.29) is 35.5 Å². The number of anilines is 1. The maximum atomic E-state index is 14.7. The maximum Gasteiger partial charge on any atom is 0.264 e. The first-order valence-electron chi connectivity index (χ1n) is 15.4. The number of nitrogens with zero attached hydrogens (tertiary/aromatic N) is 2. The molecule has 0 radical (unpaired) electrons. The summed E-state index contributed by atoms with van der Waals surface area (Å²) in [5.74, 6) is -0.925. The van der Waals surface area contributed by atoms with Gasteiger partial charge in [0.15, 0.2) is 0 Å². The second kappa shape index (κ2) is 15.6. The van der Waals surface area contributed by atoms with Crippen molar-refractivity contribution in [2.24, 2.45) is 0 Å². The standard InChI is InChI=1S/C36H36Cl3N3O4S/c1-25-14-20-30(21-15-25)47(45,46)42(29-18-16-27(37)17-19-29)24-35(43)41(23-31-32(38)12-7-13-33(31)39)34(22-26-8-3-2-4-9-26)36(44)40-28-10-5-6-11-28/h2-4,7-9,12-21,28,34H,5-6,10-11,22-24H2,1H3,(H,40,44)/t34-/m0/s1. The van der Waals surface area contributed by atoms with Gasteiger partial charge in [-0.1, -0.05) is 102 Å². The van der Waals surface area contributed by atoms with Gasteiger partial charge >= 0.3 is 0 Å². The number of carbonyl (C=O) groups excluding carboxylic acids is 2. The fourth-order valence-corrected chi connectivity index (χ4v) is 7.81. The molecule has 5 rings (SSSR count). The monoisotopic (exact) mass is 711 g/mol. The van der Waals surface area contributed by atoms with Crippen molar-refractivity contribution < 1.29 is 18.0 Å². The van der Waals surface area contributed by atoms with Crippen LogP contribution in [0.15, 0.2) is 102 Å². The number of sulfonamides is 1. The molecule has 246 valence electrons. The van der Waals surface area contributed by atoms with Gasteiger partial charge in [0.05, 0.1) is 10.6 Å². The number of hydrogen-bond acceptors (Lipinski definition) is 4. The van der Waals surface area contributed by atoms with Gasteiger partial charge in [0.25, 0.3) is 10.0 Å². The molecule has 0 heterocycles. The molecule has 1 N–H and O–H groups in total. The van der Waals surface area contributed by atoms with E-state index in [0.717, 1.165) is 41.1 Å². The molecule has 1 aliphatic carbocycles. The smallest absolute Gasteiger partial charge is 0.264 e. The van der Waals surface area contributed by atoms with Crippen LogP contribution in [0.5, 0.6) is 0 Å². The highest BCUT2D eigenvalue weighted by Gasteiger charge is 2.36. The van der Waals surface area contributed by atoms with Crippen LogP contribution >= 0.6 is 34.8 Å². The van der Waals surface area contributed by atoms with Gasteiger partial charge in [0.2, 0.25) is 11.8 Å². The number of aryl methyl sites for hydroxylation is 1. The van der Waals surface area contributed by atoms with Crippen molar-refractivity contribution in [3.05, 3.63) is 129 Å². The summed E-state index contributed by atoms with van der Waals surface area (Å²) in [7, 11) is -4.23. The van der Waals surface area contributed by atoms with Crippen molar-refractivity contribution in [2.45, 2.75) is 62.6 Å². The fraction of sp³-hybridized carbons (Fsp3) is 0.278. The molecular weight excluding hydrogens is 677 g/mol. The molecule has 0 aliphatic heterocycles. The summed E-state index contributed by atoms with van der Waals surface area (Å²) in [5.41, 5.74) is 2.42. The molecule has 0 spiro atoms. The molecule has 0 saturated heterocycles. The van der Waals surface area contributed by atoms with Gasteiger partial charge in [-0.05, 0) is 73.9 Å². The lowest BCUT2D eigenvalue weighted by atomic mass is 10.0. The first-order chi connectivity index (χ1) is 22.5. The van der Waals surface area contributed by atoms with E-state index >= 15 is 0 Å². The fourth-order valence-electron chi connectivity index (χ4n) is 5.75. The Hall–Kier alpha value is -3.56. The van der Waals surface area contributed by atoms with Crippen LogP contribution in [0, 0.1) is 6.92 Å². The summed E-state index contributed by atoms with van der Waals surface area (Å²) in [6.07, 6.45) is 3.93. The lowest BCUT2D eigenvalue weighted by Crippen LogP contribution is -2.54. The number of halogens is 3. The Labute approximate surface area is 291 Å². The predicted octanol–water partition coefficient (Wildman–Crippen LogP) is 7.85. The van der Waals surface area contributed by atoms with E-state index < -0.39 is 28.5 Å². The van der Waals surface area contributed by atoms with E-state index in [2.05, 4.69) is 5.32 Å². The predicted molar refractivity (Wildman–Crippen MR) is 189 cm³/mol. The van der Waals surface area contributed by atoms with Crippen LogP contribution in [-0.4, -0.2) is 43.8 Å². The molecule has 0 bridgehead atoms. The maximum absolute atomic E-state index is 14.7. The Bertz CT molecular complexity index is 1780. The topological polar surface area (TPSA) is 86.8 Å². The van der Waals surface area contributed by atoms with Gasteiger partial charge in [-0.25, -0.2) is 8.42 Å². The lowest BCUT2D eigenvalue weighted by Gasteiger charge is -2.34. The second-order valence-corrected chi connectivity index (χ2v) is 14.8. The zero-order chi connectivity index (χ0) is 33.6. The van der Waals surface area contributed by atoms with Crippen molar-refractivity contribution >= 4 is 62.3 Å². The second-order valence-electron chi connectivity index (χ2n) is 11.7. The number of carbonyl (C=O) groups is 2. The van der Waals surface area contributed by atoms with Crippen molar-refractivity contribution in [1.82, 2.24) is 10.2 Å². The third kappa shape index (κ3) is 8.68. The van der Waals surface area contributed by atoms with E-state index in [1.54, 1.807) is 54.6 Å². The molecule has 1 aliphatic rings. The summed E-state index contributed by atoms with van der Waals surface area (Å²) in [6, 6.07) is 26.1. The third-order valence-corrected chi connectivity index (χ3v) is 11.1. The van der Waals surface area contributed by atoms with Crippen LogP contribution in [-0.2, 0) is 32.6 Å². The molecule has 1 saturated carbocycles. The number of nitrogens with one attached hydrogen (secondary N) is 1. The van der Waals surface area contributed by atoms with Crippen LogP contribution in [0.25, 0.3) is 0 Å². The molecule has 4 aromatic carbocycles. The summed E-state index contributed by atoms with van der Waals surface area (Å²) < 4.78 is 29.4. The summed E-state index contributed by atoms with van der Waals surface area (Å²) in [6.45, 7) is 1.14. The molecule has 7 nitrogen and oxygen atoms in total. The van der Waals surface area contributed by atoms with Gasteiger partial charge in [-0.2, -0.15) is 0 Å². The first kappa shape index (κ1) is 34.8. The van der Waals surface area contributed by atoms with Crippen molar-refractivity contribution in [2.75, 3.05) is 10.8 Å². The molecule has 11 heteroatoms. The molecule has 4 aromatic rings. The Morgan fingerprint density at radius 1 is 0.830 bits per heavy atom. The number of rotatable bonds is 12. The highest BCUT2D eigenvalue weighted by Crippen LogP contribution is 2.30. The minimum absolute atomic E-state index is 0.00546. The van der Waals surface area contributed by atoms with E-state index in [9.17, 15) is 18.0 Å². The van der Waals surface area contributed by atoms with Gasteiger partial charge in [-0.3, -0.25) is 13.9 Å². The van der Waals surface area contributed by atoms with Crippen LogP contribution in [0.3, 0.4) is 0 Å². The van der Waals surface area contributed by atoms with Crippen molar-refractivity contribution in [1.29, 1.82) is 0 Å². The van der Waals surface area contributed by atoms with Crippen molar-refractivity contribution in [3.8, 4) is 0 Å². The highest BCUT2D eigenvalue weighted by molar-refractivity contribution is 7.92. The average molecular weight is 713 g/mol. The van der Waals surface area contributed by atoms with Gasteiger partial charge in [0, 0.05) is 39.6 Å². The van der Waals surface area contributed by atoms with Crippen LogP contribution in [0.4, 0.5) is 5.69 Å². The highest BCUT2D eigenvalue weighted by atomic mass is 35.5. The minimum atomic E-state index is -4.23. The van der Waals surface area contributed by atoms with E-state index in [4.69, 9.17) is 34.8 Å². The van der Waals surface area contributed by atoms with Crippen molar-refractivity contribution in [3.63, 3.8) is 0 Å². The first-order valence-corrected chi connectivity index (χ1v) is 18.0. The Kier molecular flexibility index (Phi) is 11.5. The molecular formula is C36H36Cl3N3O4S. The van der Waals surface area contributed by atoms with Gasteiger partial charge < -0.3 is 10.2 Å². The SMILES string of the molecule is Cc1ccc(S(=O)(=O)N(CC(=O)N(Cc2c(Cl)cccc2Cl)[C@@H](Cc2ccccc2)C(=O)NC2CCCC2)c2ccc(Cl)cc2)cc1. The molecule has 2 amide bonds. The zero-order valence-electron chi connectivity index (χ0n) is 25.9. The summed E-state index contributed by atoms with van der Waals surface area (Å²) >= 11 is 19.4. The molecule has 0 aromatic heterocycles. The van der Waals surface area contributed by atoms with E-state index in [0.29, 0.717) is 20.6 Å².